The van der Waals surface area contributed by atoms with Crippen LogP contribution in [0.25, 0.3) is 0 Å². The number of carbonyl (C=O) groups is 2. The SMILES string of the molecule is CC(=O)NS(=O)(=O)c1ccc(NC(=S)NC(=O)C(C)Oc2ccc(Cl)cc2Cl)cc1. The molecular formula is C18H17Cl2N3O5S2. The summed E-state index contributed by atoms with van der Waals surface area (Å²) in [7, 11) is -3.94. The van der Waals surface area contributed by atoms with Crippen LogP contribution in [0.3, 0.4) is 0 Å². The summed E-state index contributed by atoms with van der Waals surface area (Å²) in [6.07, 6.45) is -0.909. The molecule has 0 aliphatic heterocycles. The molecule has 0 spiro atoms. The van der Waals surface area contributed by atoms with Crippen LogP contribution in [0.2, 0.25) is 10.0 Å². The first-order chi connectivity index (χ1) is 14.0. The summed E-state index contributed by atoms with van der Waals surface area (Å²) in [5, 5.41) is 5.89. The van der Waals surface area contributed by atoms with E-state index in [1.165, 1.54) is 37.3 Å². The van der Waals surface area contributed by atoms with Gasteiger partial charge in [0.25, 0.3) is 15.9 Å². The molecule has 0 saturated carbocycles. The van der Waals surface area contributed by atoms with E-state index in [9.17, 15) is 18.0 Å². The first-order valence-electron chi connectivity index (χ1n) is 8.35. The van der Waals surface area contributed by atoms with Gasteiger partial charge in [0.05, 0.1) is 9.92 Å². The monoisotopic (exact) mass is 489 g/mol. The lowest BCUT2D eigenvalue weighted by Gasteiger charge is -2.16. The third kappa shape index (κ3) is 6.84. The Balaban J connectivity index is 1.94. The number of hydrogen-bond donors (Lipinski definition) is 3. The lowest BCUT2D eigenvalue weighted by molar-refractivity contribution is -0.125. The van der Waals surface area contributed by atoms with E-state index < -0.39 is 27.9 Å². The number of ether oxygens (including phenoxy) is 1. The molecule has 0 aliphatic carbocycles. The lowest BCUT2D eigenvalue weighted by Crippen LogP contribution is -2.42. The van der Waals surface area contributed by atoms with Crippen molar-refractivity contribution in [3.63, 3.8) is 0 Å². The molecule has 0 aromatic heterocycles. The Kier molecular flexibility index (Phi) is 8.02. The van der Waals surface area contributed by atoms with Crippen molar-refractivity contribution in [3.05, 3.63) is 52.5 Å². The van der Waals surface area contributed by atoms with Gasteiger partial charge in [-0.3, -0.25) is 14.9 Å². The van der Waals surface area contributed by atoms with Crippen molar-refractivity contribution in [1.29, 1.82) is 0 Å². The highest BCUT2D eigenvalue weighted by atomic mass is 35.5. The molecule has 0 aliphatic rings. The smallest absolute Gasteiger partial charge is 0.266 e. The van der Waals surface area contributed by atoms with Gasteiger partial charge in [-0.05, 0) is 61.6 Å². The molecule has 2 aromatic rings. The Bertz CT molecular complexity index is 1080. The van der Waals surface area contributed by atoms with Crippen LogP contribution in [0.15, 0.2) is 47.4 Å². The number of rotatable bonds is 6. The maximum atomic E-state index is 12.3. The minimum atomic E-state index is -3.94. The predicted molar refractivity (Wildman–Crippen MR) is 118 cm³/mol. The molecule has 8 nitrogen and oxygen atoms in total. The minimum absolute atomic E-state index is 0.0184. The highest BCUT2D eigenvalue weighted by molar-refractivity contribution is 7.90. The van der Waals surface area contributed by atoms with E-state index in [1.54, 1.807) is 12.1 Å². The van der Waals surface area contributed by atoms with Gasteiger partial charge in [-0.25, -0.2) is 13.1 Å². The molecule has 2 amide bonds. The number of amides is 2. The van der Waals surface area contributed by atoms with Crippen molar-refractivity contribution < 1.29 is 22.7 Å². The van der Waals surface area contributed by atoms with E-state index in [0.717, 1.165) is 6.92 Å². The molecule has 3 N–H and O–H groups in total. The third-order valence-corrected chi connectivity index (χ3v) is 5.69. The summed E-state index contributed by atoms with van der Waals surface area (Å²) in [5.74, 6) is -0.931. The average Bonchev–Trinajstić information content (AvgIpc) is 2.63. The van der Waals surface area contributed by atoms with Crippen molar-refractivity contribution in [2.45, 2.75) is 24.8 Å². The molecule has 0 radical (unpaired) electrons. The Morgan fingerprint density at radius 3 is 2.30 bits per heavy atom. The van der Waals surface area contributed by atoms with Gasteiger partial charge in [0.15, 0.2) is 11.2 Å². The minimum Gasteiger partial charge on any atom is -0.479 e. The first-order valence-corrected chi connectivity index (χ1v) is 11.0. The largest absolute Gasteiger partial charge is 0.479 e. The topological polar surface area (TPSA) is 114 Å². The molecule has 12 heteroatoms. The quantitative estimate of drug-likeness (QED) is 0.534. The Labute approximate surface area is 188 Å². The maximum absolute atomic E-state index is 12.3. The normalized spacial score (nSPS) is 11.9. The number of thiocarbonyl (C=S) groups is 1. The van der Waals surface area contributed by atoms with Gasteiger partial charge < -0.3 is 10.1 Å². The summed E-state index contributed by atoms with van der Waals surface area (Å²) in [6.45, 7) is 2.62. The van der Waals surface area contributed by atoms with Crippen LogP contribution in [-0.2, 0) is 19.6 Å². The summed E-state index contributed by atoms with van der Waals surface area (Å²) < 4.78 is 31.2. The van der Waals surface area contributed by atoms with E-state index in [0.29, 0.717) is 16.5 Å². The standard InChI is InChI=1S/C18H17Cl2N3O5S2/c1-10(28-16-8-3-12(19)9-15(16)20)17(25)22-18(29)21-13-4-6-14(7-5-13)30(26,27)23-11(2)24/h3-10H,1-2H3,(H,23,24)(H2,21,22,25,29). The van der Waals surface area contributed by atoms with Crippen molar-refractivity contribution >= 4 is 68.1 Å². The molecule has 2 rings (SSSR count). The van der Waals surface area contributed by atoms with E-state index in [4.69, 9.17) is 40.2 Å². The fraction of sp³-hybridized carbons (Fsp3) is 0.167. The first kappa shape index (κ1) is 23.9. The Hall–Kier alpha value is -2.40. The fourth-order valence-electron chi connectivity index (χ4n) is 2.16. The molecule has 30 heavy (non-hydrogen) atoms. The predicted octanol–water partition coefficient (Wildman–Crippen LogP) is 3.10. The van der Waals surface area contributed by atoms with Crippen molar-refractivity contribution in [2.75, 3.05) is 5.32 Å². The van der Waals surface area contributed by atoms with Crippen LogP contribution in [0.5, 0.6) is 5.75 Å². The summed E-state index contributed by atoms with van der Waals surface area (Å²) in [5.41, 5.74) is 0.427. The Morgan fingerprint density at radius 2 is 1.73 bits per heavy atom. The number of nitrogens with one attached hydrogen (secondary N) is 3. The molecule has 0 bridgehead atoms. The molecular weight excluding hydrogens is 473 g/mol. The summed E-state index contributed by atoms with van der Waals surface area (Å²) >= 11 is 16.9. The number of carbonyl (C=O) groups excluding carboxylic acids is 2. The number of hydrogen-bond acceptors (Lipinski definition) is 6. The fourth-order valence-corrected chi connectivity index (χ4v) is 3.82. The molecule has 1 unspecified atom stereocenters. The second kappa shape index (κ2) is 10.1. The third-order valence-electron chi connectivity index (χ3n) is 3.50. The number of benzene rings is 2. The van der Waals surface area contributed by atoms with Gasteiger partial charge >= 0.3 is 0 Å². The van der Waals surface area contributed by atoms with Crippen LogP contribution in [0.4, 0.5) is 5.69 Å². The van der Waals surface area contributed by atoms with Crippen LogP contribution in [0.1, 0.15) is 13.8 Å². The molecule has 2 aromatic carbocycles. The summed E-state index contributed by atoms with van der Waals surface area (Å²) in [4.78, 5) is 23.1. The van der Waals surface area contributed by atoms with Crippen LogP contribution in [-0.4, -0.2) is 31.4 Å². The second-order valence-corrected chi connectivity index (χ2v) is 8.90. The summed E-state index contributed by atoms with van der Waals surface area (Å²) in [6, 6.07) is 10.0. The molecule has 0 fully saturated rings. The van der Waals surface area contributed by atoms with Crippen LogP contribution in [0, 0.1) is 0 Å². The van der Waals surface area contributed by atoms with E-state index in [1.807, 2.05) is 4.72 Å². The van der Waals surface area contributed by atoms with E-state index >= 15 is 0 Å². The Morgan fingerprint density at radius 1 is 1.10 bits per heavy atom. The van der Waals surface area contributed by atoms with Crippen molar-refractivity contribution in [1.82, 2.24) is 10.0 Å². The molecule has 0 saturated heterocycles. The van der Waals surface area contributed by atoms with Gasteiger partial charge in [0.1, 0.15) is 5.75 Å². The number of halogens is 2. The van der Waals surface area contributed by atoms with Gasteiger partial charge in [-0.15, -0.1) is 0 Å². The van der Waals surface area contributed by atoms with Gasteiger partial charge in [-0.1, -0.05) is 23.2 Å². The molecule has 1 atom stereocenters. The van der Waals surface area contributed by atoms with Crippen molar-refractivity contribution in [3.8, 4) is 5.75 Å². The molecule has 160 valence electrons. The lowest BCUT2D eigenvalue weighted by atomic mass is 10.3. The van der Waals surface area contributed by atoms with E-state index in [-0.39, 0.29) is 15.0 Å². The zero-order valence-corrected chi connectivity index (χ0v) is 18.9. The second-order valence-electron chi connectivity index (χ2n) is 5.96. The zero-order chi connectivity index (χ0) is 22.5. The van der Waals surface area contributed by atoms with Gasteiger partial charge in [0, 0.05) is 17.6 Å². The zero-order valence-electron chi connectivity index (χ0n) is 15.7. The molecule has 0 heterocycles. The van der Waals surface area contributed by atoms with Crippen molar-refractivity contribution in [2.24, 2.45) is 0 Å². The number of anilines is 1. The van der Waals surface area contributed by atoms with E-state index in [2.05, 4.69) is 10.6 Å². The van der Waals surface area contributed by atoms with Crippen LogP contribution < -0.4 is 20.1 Å². The average molecular weight is 490 g/mol. The van der Waals surface area contributed by atoms with Gasteiger partial charge in [0.2, 0.25) is 5.91 Å². The highest BCUT2D eigenvalue weighted by Gasteiger charge is 2.18. The number of sulfonamides is 1. The van der Waals surface area contributed by atoms with Gasteiger partial charge in [-0.2, -0.15) is 0 Å². The van der Waals surface area contributed by atoms with Crippen LogP contribution >= 0.6 is 35.4 Å². The maximum Gasteiger partial charge on any atom is 0.266 e. The highest BCUT2D eigenvalue weighted by Crippen LogP contribution is 2.28.